The monoisotopic (exact) mass is 178 g/mol. The molecule has 0 atom stereocenters. The number of rotatable bonds is 2. The van der Waals surface area contributed by atoms with Crippen molar-refractivity contribution in [3.05, 3.63) is 18.0 Å². The maximum absolute atomic E-state index is 5.46. The Hall–Kier alpha value is -1.16. The van der Waals surface area contributed by atoms with Gasteiger partial charge in [0.05, 0.1) is 0 Å². The lowest BCUT2D eigenvalue weighted by atomic mass is 10.3. The first-order chi connectivity index (χ1) is 6.40. The van der Waals surface area contributed by atoms with E-state index in [1.165, 1.54) is 12.8 Å². The van der Waals surface area contributed by atoms with E-state index >= 15 is 0 Å². The Bertz CT molecular complexity index is 263. The van der Waals surface area contributed by atoms with E-state index in [0.29, 0.717) is 6.54 Å². The summed E-state index contributed by atoms with van der Waals surface area (Å²) in [5.74, 6) is 0.842. The van der Waals surface area contributed by atoms with Gasteiger partial charge in [-0.15, -0.1) is 0 Å². The molecule has 1 fully saturated rings. The Kier molecular flexibility index (Phi) is 2.40. The molecule has 2 N–H and O–H groups in total. The van der Waals surface area contributed by atoms with Crippen LogP contribution in [0.2, 0.25) is 0 Å². The molecular formula is C9H14N4. The van der Waals surface area contributed by atoms with Gasteiger partial charge in [-0.1, -0.05) is 0 Å². The minimum Gasteiger partial charge on any atom is -0.341 e. The zero-order valence-electron chi connectivity index (χ0n) is 7.61. The van der Waals surface area contributed by atoms with Crippen LogP contribution in [0.15, 0.2) is 12.4 Å². The van der Waals surface area contributed by atoms with Gasteiger partial charge in [0.15, 0.2) is 0 Å². The number of hydrogen-bond acceptors (Lipinski definition) is 4. The Labute approximate surface area is 77.8 Å². The third-order valence-electron chi connectivity index (χ3n) is 2.32. The number of nitrogens with zero attached hydrogens (tertiary/aromatic N) is 3. The van der Waals surface area contributed by atoms with Crippen LogP contribution >= 0.6 is 0 Å². The highest BCUT2D eigenvalue weighted by Gasteiger charge is 2.13. The molecule has 13 heavy (non-hydrogen) atoms. The van der Waals surface area contributed by atoms with Crippen LogP contribution in [0.4, 0.5) is 5.95 Å². The third-order valence-corrected chi connectivity index (χ3v) is 2.32. The zero-order valence-corrected chi connectivity index (χ0v) is 7.61. The van der Waals surface area contributed by atoms with Gasteiger partial charge in [0.25, 0.3) is 0 Å². The molecule has 0 aromatic carbocycles. The van der Waals surface area contributed by atoms with Gasteiger partial charge in [0, 0.05) is 37.6 Å². The molecule has 1 aromatic rings. The van der Waals surface area contributed by atoms with Crippen LogP contribution in [0.25, 0.3) is 0 Å². The zero-order chi connectivity index (χ0) is 9.10. The van der Waals surface area contributed by atoms with E-state index in [1.807, 2.05) is 0 Å². The van der Waals surface area contributed by atoms with Gasteiger partial charge >= 0.3 is 0 Å². The van der Waals surface area contributed by atoms with E-state index in [9.17, 15) is 0 Å². The summed E-state index contributed by atoms with van der Waals surface area (Å²) in [6.45, 7) is 2.68. The fourth-order valence-corrected chi connectivity index (χ4v) is 1.53. The van der Waals surface area contributed by atoms with Crippen LogP contribution in [0, 0.1) is 0 Å². The Balaban J connectivity index is 2.12. The van der Waals surface area contributed by atoms with Gasteiger partial charge in [-0.05, 0) is 12.8 Å². The highest BCUT2D eigenvalue weighted by Crippen LogP contribution is 2.14. The summed E-state index contributed by atoms with van der Waals surface area (Å²) in [5, 5.41) is 0. The molecule has 1 aliphatic heterocycles. The van der Waals surface area contributed by atoms with E-state index in [0.717, 1.165) is 24.6 Å². The van der Waals surface area contributed by atoms with Crippen molar-refractivity contribution in [1.82, 2.24) is 9.97 Å². The second-order valence-corrected chi connectivity index (χ2v) is 3.29. The van der Waals surface area contributed by atoms with E-state index in [2.05, 4.69) is 14.9 Å². The van der Waals surface area contributed by atoms with Crippen LogP contribution in [-0.4, -0.2) is 23.1 Å². The van der Waals surface area contributed by atoms with Crippen LogP contribution in [0.5, 0.6) is 0 Å². The van der Waals surface area contributed by atoms with Crippen molar-refractivity contribution in [3.8, 4) is 0 Å². The van der Waals surface area contributed by atoms with E-state index in [1.54, 1.807) is 12.4 Å². The molecule has 4 heteroatoms. The van der Waals surface area contributed by atoms with Crippen molar-refractivity contribution >= 4 is 5.95 Å². The van der Waals surface area contributed by atoms with Gasteiger partial charge in [-0.2, -0.15) is 0 Å². The van der Waals surface area contributed by atoms with Crippen molar-refractivity contribution < 1.29 is 0 Å². The van der Waals surface area contributed by atoms with Crippen molar-refractivity contribution in [2.75, 3.05) is 18.0 Å². The SMILES string of the molecule is NCc1cnc(N2CCCC2)nc1. The lowest BCUT2D eigenvalue weighted by Crippen LogP contribution is -2.20. The third kappa shape index (κ3) is 1.78. The summed E-state index contributed by atoms with van der Waals surface area (Å²) < 4.78 is 0. The molecule has 0 saturated carbocycles. The molecule has 0 amide bonds. The molecule has 4 nitrogen and oxygen atoms in total. The standard InChI is InChI=1S/C9H14N4/c10-5-8-6-11-9(12-7-8)13-3-1-2-4-13/h6-7H,1-5,10H2. The lowest BCUT2D eigenvalue weighted by Gasteiger charge is -2.14. The summed E-state index contributed by atoms with van der Waals surface area (Å²) in [6.07, 6.45) is 6.12. The smallest absolute Gasteiger partial charge is 0.225 e. The van der Waals surface area contributed by atoms with Crippen molar-refractivity contribution in [2.24, 2.45) is 5.73 Å². The van der Waals surface area contributed by atoms with Gasteiger partial charge in [0.2, 0.25) is 5.95 Å². The largest absolute Gasteiger partial charge is 0.341 e. The van der Waals surface area contributed by atoms with Crippen LogP contribution in [0.1, 0.15) is 18.4 Å². The molecule has 1 saturated heterocycles. The second-order valence-electron chi connectivity index (χ2n) is 3.29. The van der Waals surface area contributed by atoms with Gasteiger partial charge in [-0.3, -0.25) is 0 Å². The molecule has 0 aliphatic carbocycles. The van der Waals surface area contributed by atoms with E-state index < -0.39 is 0 Å². The van der Waals surface area contributed by atoms with E-state index in [-0.39, 0.29) is 0 Å². The predicted octanol–water partition coefficient (Wildman–Crippen LogP) is 0.535. The first-order valence-electron chi connectivity index (χ1n) is 4.66. The molecule has 70 valence electrons. The number of anilines is 1. The molecule has 2 rings (SSSR count). The molecule has 1 aliphatic rings. The topological polar surface area (TPSA) is 55.0 Å². The lowest BCUT2D eigenvalue weighted by molar-refractivity contribution is 0.885. The fourth-order valence-electron chi connectivity index (χ4n) is 1.53. The Morgan fingerprint density at radius 2 is 1.85 bits per heavy atom. The first kappa shape index (κ1) is 8.44. The summed E-state index contributed by atoms with van der Waals surface area (Å²) in [6, 6.07) is 0. The van der Waals surface area contributed by atoms with Gasteiger partial charge < -0.3 is 10.6 Å². The van der Waals surface area contributed by atoms with Gasteiger partial charge in [-0.25, -0.2) is 9.97 Å². The Morgan fingerprint density at radius 1 is 1.23 bits per heavy atom. The van der Waals surface area contributed by atoms with Gasteiger partial charge in [0.1, 0.15) is 0 Å². The summed E-state index contributed by atoms with van der Waals surface area (Å²) in [7, 11) is 0. The molecular weight excluding hydrogens is 164 g/mol. The summed E-state index contributed by atoms with van der Waals surface area (Å²) in [5.41, 5.74) is 6.45. The fraction of sp³-hybridized carbons (Fsp3) is 0.556. The molecule has 0 spiro atoms. The minimum atomic E-state index is 0.514. The minimum absolute atomic E-state index is 0.514. The number of aromatic nitrogens is 2. The van der Waals surface area contributed by atoms with Crippen molar-refractivity contribution in [3.63, 3.8) is 0 Å². The highest BCUT2D eigenvalue weighted by molar-refractivity contribution is 5.30. The molecule has 0 unspecified atom stereocenters. The van der Waals surface area contributed by atoms with Crippen molar-refractivity contribution in [1.29, 1.82) is 0 Å². The normalized spacial score (nSPS) is 16.5. The highest BCUT2D eigenvalue weighted by atomic mass is 15.3. The summed E-state index contributed by atoms with van der Waals surface area (Å²) >= 11 is 0. The van der Waals surface area contributed by atoms with Crippen molar-refractivity contribution in [2.45, 2.75) is 19.4 Å². The predicted molar refractivity (Wildman–Crippen MR) is 51.4 cm³/mol. The van der Waals surface area contributed by atoms with Crippen LogP contribution in [0.3, 0.4) is 0 Å². The van der Waals surface area contributed by atoms with Crippen LogP contribution in [-0.2, 0) is 6.54 Å². The molecule has 2 heterocycles. The average molecular weight is 178 g/mol. The molecule has 0 radical (unpaired) electrons. The summed E-state index contributed by atoms with van der Waals surface area (Å²) in [4.78, 5) is 10.7. The first-order valence-corrected chi connectivity index (χ1v) is 4.66. The van der Waals surface area contributed by atoms with E-state index in [4.69, 9.17) is 5.73 Å². The number of hydrogen-bond donors (Lipinski definition) is 1. The number of nitrogens with two attached hydrogens (primary N) is 1. The Morgan fingerprint density at radius 3 is 2.38 bits per heavy atom. The second kappa shape index (κ2) is 3.70. The maximum atomic E-state index is 5.46. The quantitative estimate of drug-likeness (QED) is 0.718. The molecule has 1 aromatic heterocycles. The average Bonchev–Trinajstić information content (AvgIpc) is 2.71. The van der Waals surface area contributed by atoms with Crippen LogP contribution < -0.4 is 10.6 Å². The molecule has 0 bridgehead atoms. The maximum Gasteiger partial charge on any atom is 0.225 e.